The van der Waals surface area contributed by atoms with E-state index in [0.717, 1.165) is 12.1 Å². The summed E-state index contributed by atoms with van der Waals surface area (Å²) in [5.41, 5.74) is 1.36. The number of ketones is 1. The van der Waals surface area contributed by atoms with E-state index >= 15 is 0 Å². The number of carbonyl (C=O) groups excluding carboxylic acids is 1. The number of Topliss-reactive ketones (excluding diaryl/α,β-unsaturated/α-hetero) is 1. The summed E-state index contributed by atoms with van der Waals surface area (Å²) in [4.78, 5) is 10.8. The summed E-state index contributed by atoms with van der Waals surface area (Å²) in [5, 5.41) is 15.1. The van der Waals surface area contributed by atoms with Crippen molar-refractivity contribution in [3.05, 3.63) is 17.5 Å². The van der Waals surface area contributed by atoms with Crippen LogP contribution in [0, 0.1) is 0 Å². The first-order valence-corrected chi connectivity index (χ1v) is 3.90. The van der Waals surface area contributed by atoms with Crippen molar-refractivity contribution in [1.29, 1.82) is 0 Å². The highest BCUT2D eigenvalue weighted by Gasteiger charge is 2.04. The SMILES string of the molecule is CC(=O)c1cc(CCCO)[nH]n1. The van der Waals surface area contributed by atoms with E-state index in [-0.39, 0.29) is 12.4 Å². The van der Waals surface area contributed by atoms with Gasteiger partial charge < -0.3 is 5.11 Å². The Morgan fingerprint density at radius 3 is 3.00 bits per heavy atom. The van der Waals surface area contributed by atoms with Crippen molar-refractivity contribution in [1.82, 2.24) is 10.2 Å². The van der Waals surface area contributed by atoms with Gasteiger partial charge in [0.05, 0.1) is 0 Å². The largest absolute Gasteiger partial charge is 0.396 e. The molecule has 2 N–H and O–H groups in total. The van der Waals surface area contributed by atoms with Crippen molar-refractivity contribution in [2.75, 3.05) is 6.61 Å². The Balaban J connectivity index is 2.58. The minimum atomic E-state index is -0.0403. The van der Waals surface area contributed by atoms with Crippen molar-refractivity contribution in [3.63, 3.8) is 0 Å². The lowest BCUT2D eigenvalue weighted by molar-refractivity contribution is 0.101. The lowest BCUT2D eigenvalue weighted by Crippen LogP contribution is -1.90. The van der Waals surface area contributed by atoms with E-state index in [0.29, 0.717) is 12.1 Å². The number of nitrogens with one attached hydrogen (secondary N) is 1. The molecule has 1 rings (SSSR count). The third-order valence-electron chi connectivity index (χ3n) is 1.60. The van der Waals surface area contributed by atoms with E-state index in [9.17, 15) is 4.79 Å². The number of rotatable bonds is 4. The van der Waals surface area contributed by atoms with Crippen molar-refractivity contribution >= 4 is 5.78 Å². The average Bonchev–Trinajstić information content (AvgIpc) is 2.48. The normalized spacial score (nSPS) is 10.2. The van der Waals surface area contributed by atoms with Crippen LogP contribution in [0.1, 0.15) is 29.5 Å². The molecule has 1 aromatic heterocycles. The van der Waals surface area contributed by atoms with Gasteiger partial charge in [0.1, 0.15) is 5.69 Å². The summed E-state index contributed by atoms with van der Waals surface area (Å²) >= 11 is 0. The number of aromatic nitrogens is 2. The Hall–Kier alpha value is -1.16. The van der Waals surface area contributed by atoms with Gasteiger partial charge in [0.25, 0.3) is 0 Å². The molecule has 0 bridgehead atoms. The molecule has 0 aliphatic carbocycles. The van der Waals surface area contributed by atoms with Gasteiger partial charge >= 0.3 is 0 Å². The predicted octanol–water partition coefficient (Wildman–Crippen LogP) is 0.537. The van der Waals surface area contributed by atoms with Gasteiger partial charge in [-0.2, -0.15) is 5.10 Å². The van der Waals surface area contributed by atoms with Gasteiger partial charge in [0, 0.05) is 19.2 Å². The molecule has 0 amide bonds. The number of aromatic amines is 1. The van der Waals surface area contributed by atoms with E-state index in [1.54, 1.807) is 6.07 Å². The number of nitrogens with zero attached hydrogens (tertiary/aromatic N) is 1. The Bertz CT molecular complexity index is 268. The second-order valence-electron chi connectivity index (χ2n) is 2.66. The lowest BCUT2D eigenvalue weighted by Gasteiger charge is -1.90. The molecule has 0 radical (unpaired) electrons. The van der Waals surface area contributed by atoms with Crippen LogP contribution in [0.25, 0.3) is 0 Å². The minimum Gasteiger partial charge on any atom is -0.396 e. The molecule has 1 aromatic rings. The van der Waals surface area contributed by atoms with Gasteiger partial charge in [-0.25, -0.2) is 0 Å². The molecule has 12 heavy (non-hydrogen) atoms. The number of aliphatic hydroxyl groups excluding tert-OH is 1. The van der Waals surface area contributed by atoms with Crippen LogP contribution >= 0.6 is 0 Å². The monoisotopic (exact) mass is 168 g/mol. The highest BCUT2D eigenvalue weighted by atomic mass is 16.2. The molecule has 0 spiro atoms. The summed E-state index contributed by atoms with van der Waals surface area (Å²) < 4.78 is 0. The molecule has 0 aromatic carbocycles. The Morgan fingerprint density at radius 2 is 2.50 bits per heavy atom. The number of carbonyl (C=O) groups is 1. The number of hydrogen-bond donors (Lipinski definition) is 2. The molecule has 0 saturated heterocycles. The first kappa shape index (κ1) is 8.93. The van der Waals surface area contributed by atoms with Crippen molar-refractivity contribution in [2.45, 2.75) is 19.8 Å². The van der Waals surface area contributed by atoms with Crippen LogP contribution in [-0.2, 0) is 6.42 Å². The number of H-pyrrole nitrogens is 1. The number of aryl methyl sites for hydroxylation is 1. The highest BCUT2D eigenvalue weighted by molar-refractivity contribution is 5.92. The quantitative estimate of drug-likeness (QED) is 0.645. The average molecular weight is 168 g/mol. The third-order valence-corrected chi connectivity index (χ3v) is 1.60. The maximum Gasteiger partial charge on any atom is 0.179 e. The minimum absolute atomic E-state index is 0.0403. The van der Waals surface area contributed by atoms with Gasteiger partial charge in [-0.3, -0.25) is 9.89 Å². The standard InChI is InChI=1S/C8H12N2O2/c1-6(12)8-5-7(9-10-8)3-2-4-11/h5,11H,2-4H2,1H3,(H,9,10). The van der Waals surface area contributed by atoms with Crippen LogP contribution in [0.4, 0.5) is 0 Å². The van der Waals surface area contributed by atoms with E-state index in [4.69, 9.17) is 5.11 Å². The molecule has 0 saturated carbocycles. The van der Waals surface area contributed by atoms with Crippen LogP contribution in [0.3, 0.4) is 0 Å². The Kier molecular flexibility index (Phi) is 2.99. The number of hydrogen-bond acceptors (Lipinski definition) is 3. The maximum absolute atomic E-state index is 10.8. The third kappa shape index (κ3) is 2.17. The molecule has 0 fully saturated rings. The van der Waals surface area contributed by atoms with Crippen LogP contribution in [0.5, 0.6) is 0 Å². The van der Waals surface area contributed by atoms with Gasteiger partial charge in [-0.05, 0) is 18.9 Å². The Labute approximate surface area is 70.6 Å². The number of aliphatic hydroxyl groups is 1. The molecular weight excluding hydrogens is 156 g/mol. The van der Waals surface area contributed by atoms with E-state index in [1.807, 2.05) is 0 Å². The summed E-state index contributed by atoms with van der Waals surface area (Å²) in [6, 6.07) is 1.72. The van der Waals surface area contributed by atoms with E-state index < -0.39 is 0 Å². The fourth-order valence-corrected chi connectivity index (χ4v) is 0.940. The lowest BCUT2D eigenvalue weighted by atomic mass is 10.2. The van der Waals surface area contributed by atoms with Gasteiger partial charge in [-0.1, -0.05) is 0 Å². The van der Waals surface area contributed by atoms with Crippen molar-refractivity contribution in [3.8, 4) is 0 Å². The molecule has 4 heteroatoms. The second kappa shape index (κ2) is 4.01. The molecule has 4 nitrogen and oxygen atoms in total. The zero-order chi connectivity index (χ0) is 8.97. The van der Waals surface area contributed by atoms with Crippen LogP contribution in [0.15, 0.2) is 6.07 Å². The van der Waals surface area contributed by atoms with Crippen molar-refractivity contribution < 1.29 is 9.90 Å². The predicted molar refractivity (Wildman–Crippen MR) is 44.0 cm³/mol. The summed E-state index contributed by atoms with van der Waals surface area (Å²) in [6.07, 6.45) is 1.43. The topological polar surface area (TPSA) is 66.0 Å². The molecule has 1 heterocycles. The second-order valence-corrected chi connectivity index (χ2v) is 2.66. The van der Waals surface area contributed by atoms with E-state index in [1.165, 1.54) is 6.92 Å². The molecular formula is C8H12N2O2. The molecule has 0 atom stereocenters. The molecule has 0 aliphatic rings. The summed E-state index contributed by atoms with van der Waals surface area (Å²) in [7, 11) is 0. The smallest absolute Gasteiger partial charge is 0.179 e. The molecule has 0 unspecified atom stereocenters. The summed E-state index contributed by atoms with van der Waals surface area (Å²) in [5.74, 6) is -0.0403. The first-order chi connectivity index (χ1) is 5.74. The fourth-order valence-electron chi connectivity index (χ4n) is 0.940. The fraction of sp³-hybridized carbons (Fsp3) is 0.500. The molecule has 0 aliphatic heterocycles. The first-order valence-electron chi connectivity index (χ1n) is 3.90. The van der Waals surface area contributed by atoms with Crippen LogP contribution in [0.2, 0.25) is 0 Å². The molecule has 66 valence electrons. The van der Waals surface area contributed by atoms with Crippen molar-refractivity contribution in [2.24, 2.45) is 0 Å². The van der Waals surface area contributed by atoms with E-state index in [2.05, 4.69) is 10.2 Å². The maximum atomic E-state index is 10.8. The van der Waals surface area contributed by atoms with Crippen LogP contribution < -0.4 is 0 Å². The highest BCUT2D eigenvalue weighted by Crippen LogP contribution is 2.02. The van der Waals surface area contributed by atoms with Gasteiger partial charge in [0.15, 0.2) is 5.78 Å². The van der Waals surface area contributed by atoms with Crippen LogP contribution in [-0.4, -0.2) is 27.7 Å². The summed E-state index contributed by atoms with van der Waals surface area (Å²) in [6.45, 7) is 1.64. The zero-order valence-electron chi connectivity index (χ0n) is 7.00. The Morgan fingerprint density at radius 1 is 1.75 bits per heavy atom. The van der Waals surface area contributed by atoms with Gasteiger partial charge in [-0.15, -0.1) is 0 Å². The van der Waals surface area contributed by atoms with Gasteiger partial charge in [0.2, 0.25) is 0 Å². The zero-order valence-corrected chi connectivity index (χ0v) is 7.00.